The van der Waals surface area contributed by atoms with E-state index in [1.54, 1.807) is 7.11 Å². The number of nitrogens with two attached hydrogens (primary N) is 1. The van der Waals surface area contributed by atoms with E-state index in [0.29, 0.717) is 19.5 Å². The number of carbonyl (C=O) groups is 1. The Kier molecular flexibility index (Phi) is 5.36. The quantitative estimate of drug-likeness (QED) is 0.849. The first-order chi connectivity index (χ1) is 8.88. The molecular formula is C15H24N2O2. The molecule has 4 heteroatoms. The molecule has 4 nitrogen and oxygen atoms in total. The Morgan fingerprint density at radius 2 is 2.05 bits per heavy atom. The van der Waals surface area contributed by atoms with Gasteiger partial charge >= 0.3 is 0 Å². The summed E-state index contributed by atoms with van der Waals surface area (Å²) in [6.07, 6.45) is 0.313. The predicted molar refractivity (Wildman–Crippen MR) is 77.5 cm³/mol. The minimum Gasteiger partial charge on any atom is -0.496 e. The van der Waals surface area contributed by atoms with Gasteiger partial charge in [-0.3, -0.25) is 4.79 Å². The van der Waals surface area contributed by atoms with Crippen LogP contribution in [0, 0.1) is 0 Å². The van der Waals surface area contributed by atoms with Gasteiger partial charge in [-0.1, -0.05) is 32.9 Å². The van der Waals surface area contributed by atoms with Crippen molar-refractivity contribution in [3.63, 3.8) is 0 Å². The minimum atomic E-state index is -0.0326. The van der Waals surface area contributed by atoms with Gasteiger partial charge < -0.3 is 15.8 Å². The largest absolute Gasteiger partial charge is 0.496 e. The van der Waals surface area contributed by atoms with Gasteiger partial charge in [0.2, 0.25) is 5.91 Å². The second-order valence-corrected chi connectivity index (χ2v) is 5.59. The van der Waals surface area contributed by atoms with Crippen molar-refractivity contribution in [2.24, 2.45) is 5.73 Å². The Bertz CT molecular complexity index is 436. The average Bonchev–Trinajstić information content (AvgIpc) is 2.35. The van der Waals surface area contributed by atoms with E-state index in [4.69, 9.17) is 10.5 Å². The summed E-state index contributed by atoms with van der Waals surface area (Å²) in [6.45, 7) is 7.39. The van der Waals surface area contributed by atoms with Crippen molar-refractivity contribution in [3.8, 4) is 5.75 Å². The SMILES string of the molecule is COc1ccc(C(C)(C)C)cc1CC(=O)NCCN. The van der Waals surface area contributed by atoms with Gasteiger partial charge in [0, 0.05) is 18.7 Å². The van der Waals surface area contributed by atoms with Crippen LogP contribution in [0.4, 0.5) is 0 Å². The zero-order valence-electron chi connectivity index (χ0n) is 12.2. The molecule has 0 heterocycles. The zero-order valence-corrected chi connectivity index (χ0v) is 12.2. The highest BCUT2D eigenvalue weighted by Gasteiger charge is 2.17. The van der Waals surface area contributed by atoms with E-state index in [1.807, 2.05) is 18.2 Å². The molecule has 1 aromatic rings. The van der Waals surface area contributed by atoms with Gasteiger partial charge in [-0.2, -0.15) is 0 Å². The Balaban J connectivity index is 2.93. The molecule has 0 saturated heterocycles. The topological polar surface area (TPSA) is 64.3 Å². The number of hydrogen-bond donors (Lipinski definition) is 2. The van der Waals surface area contributed by atoms with E-state index in [1.165, 1.54) is 5.56 Å². The molecule has 0 fully saturated rings. The first-order valence-electron chi connectivity index (χ1n) is 6.52. The van der Waals surface area contributed by atoms with E-state index < -0.39 is 0 Å². The number of nitrogens with one attached hydrogen (secondary N) is 1. The summed E-state index contributed by atoms with van der Waals surface area (Å²) in [5.41, 5.74) is 7.52. The van der Waals surface area contributed by atoms with Crippen LogP contribution in [0.25, 0.3) is 0 Å². The second-order valence-electron chi connectivity index (χ2n) is 5.59. The summed E-state index contributed by atoms with van der Waals surface area (Å²) in [5, 5.41) is 2.77. The molecule has 0 aliphatic rings. The second kappa shape index (κ2) is 6.57. The summed E-state index contributed by atoms with van der Waals surface area (Å²) < 4.78 is 5.31. The molecule has 1 aromatic carbocycles. The van der Waals surface area contributed by atoms with Gasteiger partial charge in [0.15, 0.2) is 0 Å². The highest BCUT2D eigenvalue weighted by atomic mass is 16.5. The molecule has 0 aromatic heterocycles. The summed E-state index contributed by atoms with van der Waals surface area (Å²) in [4.78, 5) is 11.8. The van der Waals surface area contributed by atoms with Gasteiger partial charge in [-0.25, -0.2) is 0 Å². The molecule has 0 atom stereocenters. The van der Waals surface area contributed by atoms with Crippen molar-refractivity contribution in [2.75, 3.05) is 20.2 Å². The number of amides is 1. The van der Waals surface area contributed by atoms with Crippen molar-refractivity contribution in [2.45, 2.75) is 32.6 Å². The molecule has 1 rings (SSSR count). The summed E-state index contributed by atoms with van der Waals surface area (Å²) in [5.74, 6) is 0.714. The number of hydrogen-bond acceptors (Lipinski definition) is 3. The van der Waals surface area contributed by atoms with Crippen molar-refractivity contribution in [1.82, 2.24) is 5.32 Å². The van der Waals surface area contributed by atoms with Crippen LogP contribution in [-0.4, -0.2) is 26.1 Å². The van der Waals surface area contributed by atoms with Gasteiger partial charge in [-0.15, -0.1) is 0 Å². The highest BCUT2D eigenvalue weighted by Crippen LogP contribution is 2.28. The van der Waals surface area contributed by atoms with Crippen LogP contribution < -0.4 is 15.8 Å². The van der Waals surface area contributed by atoms with Crippen molar-refractivity contribution < 1.29 is 9.53 Å². The van der Waals surface area contributed by atoms with Crippen molar-refractivity contribution in [3.05, 3.63) is 29.3 Å². The molecule has 0 aliphatic carbocycles. The lowest BCUT2D eigenvalue weighted by atomic mass is 9.85. The fraction of sp³-hybridized carbons (Fsp3) is 0.533. The van der Waals surface area contributed by atoms with E-state index >= 15 is 0 Å². The summed E-state index contributed by atoms with van der Waals surface area (Å²) in [6, 6.07) is 6.01. The number of rotatable bonds is 5. The average molecular weight is 264 g/mol. The third-order valence-electron chi connectivity index (χ3n) is 2.96. The number of ether oxygens (including phenoxy) is 1. The van der Waals surface area contributed by atoms with Crippen LogP contribution in [0.5, 0.6) is 5.75 Å². The molecule has 0 radical (unpaired) electrons. The number of benzene rings is 1. The van der Waals surface area contributed by atoms with E-state index in [9.17, 15) is 4.79 Å². The molecule has 0 aliphatic heterocycles. The molecule has 3 N–H and O–H groups in total. The number of carbonyl (C=O) groups excluding carboxylic acids is 1. The predicted octanol–water partition coefficient (Wildman–Crippen LogP) is 1.61. The lowest BCUT2D eigenvalue weighted by molar-refractivity contribution is -0.120. The van der Waals surface area contributed by atoms with Crippen molar-refractivity contribution in [1.29, 1.82) is 0 Å². The zero-order chi connectivity index (χ0) is 14.5. The maximum atomic E-state index is 11.8. The lowest BCUT2D eigenvalue weighted by Crippen LogP contribution is -2.30. The third kappa shape index (κ3) is 4.56. The smallest absolute Gasteiger partial charge is 0.224 e. The van der Waals surface area contributed by atoms with Crippen LogP contribution in [0.15, 0.2) is 18.2 Å². The molecule has 19 heavy (non-hydrogen) atoms. The fourth-order valence-electron chi connectivity index (χ4n) is 1.83. The molecule has 0 spiro atoms. The highest BCUT2D eigenvalue weighted by molar-refractivity contribution is 5.79. The first-order valence-corrected chi connectivity index (χ1v) is 6.52. The monoisotopic (exact) mass is 264 g/mol. The van der Waals surface area contributed by atoms with Gasteiger partial charge in [0.25, 0.3) is 0 Å². The minimum absolute atomic E-state index is 0.0326. The summed E-state index contributed by atoms with van der Waals surface area (Å²) >= 11 is 0. The van der Waals surface area contributed by atoms with Crippen LogP contribution in [0.3, 0.4) is 0 Å². The third-order valence-corrected chi connectivity index (χ3v) is 2.96. The molecular weight excluding hydrogens is 240 g/mol. The van der Waals surface area contributed by atoms with Crippen LogP contribution >= 0.6 is 0 Å². The first kappa shape index (κ1) is 15.5. The Hall–Kier alpha value is -1.55. The van der Waals surface area contributed by atoms with Crippen LogP contribution in [-0.2, 0) is 16.6 Å². The normalized spacial score (nSPS) is 11.2. The van der Waals surface area contributed by atoms with Gasteiger partial charge in [0.1, 0.15) is 5.75 Å². The van der Waals surface area contributed by atoms with E-state index in [-0.39, 0.29) is 11.3 Å². The van der Waals surface area contributed by atoms with Crippen molar-refractivity contribution >= 4 is 5.91 Å². The molecule has 106 valence electrons. The Labute approximate surface area is 115 Å². The van der Waals surface area contributed by atoms with E-state index in [0.717, 1.165) is 11.3 Å². The van der Waals surface area contributed by atoms with Gasteiger partial charge in [-0.05, 0) is 17.0 Å². The Morgan fingerprint density at radius 1 is 1.37 bits per heavy atom. The van der Waals surface area contributed by atoms with Gasteiger partial charge in [0.05, 0.1) is 13.5 Å². The molecule has 0 unspecified atom stereocenters. The maximum absolute atomic E-state index is 11.8. The number of methoxy groups -OCH3 is 1. The molecule has 1 amide bonds. The lowest BCUT2D eigenvalue weighted by Gasteiger charge is -2.21. The van der Waals surface area contributed by atoms with Crippen LogP contribution in [0.2, 0.25) is 0 Å². The fourth-order valence-corrected chi connectivity index (χ4v) is 1.83. The maximum Gasteiger partial charge on any atom is 0.224 e. The Morgan fingerprint density at radius 3 is 2.58 bits per heavy atom. The molecule has 0 bridgehead atoms. The molecule has 0 saturated carbocycles. The standard InChI is InChI=1S/C15H24N2O2/c1-15(2,3)12-5-6-13(19-4)11(9-12)10-14(18)17-8-7-16/h5-6,9H,7-8,10,16H2,1-4H3,(H,17,18). The van der Waals surface area contributed by atoms with E-state index in [2.05, 4.69) is 26.1 Å². The van der Waals surface area contributed by atoms with Crippen LogP contribution in [0.1, 0.15) is 31.9 Å². The summed E-state index contributed by atoms with van der Waals surface area (Å²) in [7, 11) is 1.62.